The summed E-state index contributed by atoms with van der Waals surface area (Å²) in [6, 6.07) is 0. The summed E-state index contributed by atoms with van der Waals surface area (Å²) in [7, 11) is -6.46. The summed E-state index contributed by atoms with van der Waals surface area (Å²) in [4.78, 5) is 0. The molecular weight excluding hydrogens is 223 g/mol. The van der Waals surface area contributed by atoms with Gasteiger partial charge in [0.1, 0.15) is 0 Å². The molecule has 0 amide bonds. The van der Waals surface area contributed by atoms with Gasteiger partial charge in [0.15, 0.2) is 10.0 Å². The number of hydrogen-bond acceptors (Lipinski definition) is 2. The fraction of sp³-hybridized carbons (Fsp3) is 1.00. The Hall–Kier alpha value is 0.0874. The van der Waals surface area contributed by atoms with Crippen LogP contribution < -0.4 is 18.9 Å². The van der Waals surface area contributed by atoms with E-state index in [4.69, 9.17) is 0 Å². The van der Waals surface area contributed by atoms with Crippen molar-refractivity contribution in [3.05, 3.63) is 4.72 Å². The molecule has 0 unspecified atom stereocenters. The maximum Gasteiger partial charge on any atom is 1.00 e. The van der Waals surface area contributed by atoms with E-state index in [0.717, 1.165) is 0 Å². The molecule has 11 heteroatoms. The molecule has 0 saturated heterocycles. The minimum Gasteiger partial charge on any atom is -0.449 e. The van der Waals surface area contributed by atoms with Gasteiger partial charge in [0, 0.05) is 0 Å². The van der Waals surface area contributed by atoms with E-state index in [9.17, 15) is 34.8 Å². The van der Waals surface area contributed by atoms with E-state index in [-0.39, 0.29) is 18.9 Å². The standard InChI is InChI=1S/C2F6NO2S.Li/c3-1(4,5)9-12(10,11)2(6,7)8;/q-1;+1. The monoisotopic (exact) mass is 223 g/mol. The fourth-order valence-electron chi connectivity index (χ4n) is 0.188. The minimum atomic E-state index is -6.46. The van der Waals surface area contributed by atoms with Gasteiger partial charge in [0.2, 0.25) is 0 Å². The first-order valence-corrected chi connectivity index (χ1v) is 3.52. The summed E-state index contributed by atoms with van der Waals surface area (Å²) in [5.74, 6) is 0. The molecule has 0 heterocycles. The Morgan fingerprint density at radius 3 is 1.31 bits per heavy atom. The maximum absolute atomic E-state index is 11.2. The first-order chi connectivity index (χ1) is 4.96. The van der Waals surface area contributed by atoms with Crippen LogP contribution in [0, 0.1) is 0 Å². The second-order valence-corrected chi connectivity index (χ2v) is 3.08. The van der Waals surface area contributed by atoms with Gasteiger partial charge in [-0.3, -0.25) is 0 Å². The third-order valence-electron chi connectivity index (χ3n) is 0.516. The number of alkyl halides is 6. The van der Waals surface area contributed by atoms with Crippen LogP contribution in [0.5, 0.6) is 0 Å². The van der Waals surface area contributed by atoms with E-state index in [1.165, 1.54) is 0 Å². The molecule has 13 heavy (non-hydrogen) atoms. The van der Waals surface area contributed by atoms with Crippen LogP contribution in [0.25, 0.3) is 4.72 Å². The van der Waals surface area contributed by atoms with Gasteiger partial charge in [-0.25, -0.2) is 8.42 Å². The number of rotatable bonds is 1. The molecule has 0 aliphatic heterocycles. The Kier molecular flexibility index (Phi) is 4.88. The molecule has 0 aromatic rings. The zero-order chi connectivity index (χ0) is 10.2. The molecule has 3 nitrogen and oxygen atoms in total. The van der Waals surface area contributed by atoms with Gasteiger partial charge in [-0.1, -0.05) is 0 Å². The zero-order valence-corrected chi connectivity index (χ0v) is 6.76. The average molecular weight is 223 g/mol. The van der Waals surface area contributed by atoms with Crippen molar-refractivity contribution >= 4 is 10.0 Å². The van der Waals surface area contributed by atoms with Gasteiger partial charge >= 0.3 is 30.7 Å². The first-order valence-electron chi connectivity index (χ1n) is 2.08. The van der Waals surface area contributed by atoms with E-state index in [1.807, 2.05) is 0 Å². The number of sulfonamides is 1. The molecule has 0 bridgehead atoms. The van der Waals surface area contributed by atoms with Crippen molar-refractivity contribution in [1.29, 1.82) is 0 Å². The predicted molar refractivity (Wildman–Crippen MR) is 24.4 cm³/mol. The zero-order valence-electron chi connectivity index (χ0n) is 5.94. The summed E-state index contributed by atoms with van der Waals surface area (Å²) in [6.07, 6.45) is -5.74. The van der Waals surface area contributed by atoms with Crippen molar-refractivity contribution in [2.75, 3.05) is 0 Å². The van der Waals surface area contributed by atoms with Crippen LogP contribution in [-0.4, -0.2) is 20.2 Å². The molecule has 0 aliphatic carbocycles. The molecule has 0 N–H and O–H groups in total. The molecule has 0 saturated carbocycles. The van der Waals surface area contributed by atoms with Crippen molar-refractivity contribution in [3.63, 3.8) is 0 Å². The van der Waals surface area contributed by atoms with Crippen molar-refractivity contribution in [2.24, 2.45) is 0 Å². The van der Waals surface area contributed by atoms with Crippen LogP contribution in [0.4, 0.5) is 26.3 Å². The van der Waals surface area contributed by atoms with E-state index in [1.54, 1.807) is 0 Å². The smallest absolute Gasteiger partial charge is 0.449 e. The van der Waals surface area contributed by atoms with E-state index < -0.39 is 21.8 Å². The van der Waals surface area contributed by atoms with E-state index >= 15 is 0 Å². The Labute approximate surface area is 80.7 Å². The van der Waals surface area contributed by atoms with Crippen molar-refractivity contribution in [3.8, 4) is 0 Å². The molecule has 0 aliphatic rings. The normalized spacial score (nSPS) is 13.7. The fourth-order valence-corrected chi connectivity index (χ4v) is 0.564. The minimum absolute atomic E-state index is 0. The average Bonchev–Trinajstić information content (AvgIpc) is 1.52. The van der Waals surface area contributed by atoms with Crippen molar-refractivity contribution in [1.82, 2.24) is 0 Å². The summed E-state index contributed by atoms with van der Waals surface area (Å²) < 4.78 is 86.6. The van der Waals surface area contributed by atoms with Crippen LogP contribution >= 0.6 is 0 Å². The third kappa shape index (κ3) is 5.40. The molecule has 0 rings (SSSR count). The number of hydrogen-bond donors (Lipinski definition) is 0. The summed E-state index contributed by atoms with van der Waals surface area (Å²) in [5, 5.41) is 0. The van der Waals surface area contributed by atoms with Crippen LogP contribution in [0.1, 0.15) is 0 Å². The summed E-state index contributed by atoms with van der Waals surface area (Å²) in [5.41, 5.74) is -6.01. The van der Waals surface area contributed by atoms with Crippen molar-refractivity contribution in [2.45, 2.75) is 11.8 Å². The molecule has 0 radical (unpaired) electrons. The largest absolute Gasteiger partial charge is 1.00 e. The van der Waals surface area contributed by atoms with Crippen LogP contribution in [-0.2, 0) is 10.0 Å². The van der Waals surface area contributed by atoms with E-state index in [2.05, 4.69) is 0 Å². The topological polar surface area (TPSA) is 48.2 Å². The van der Waals surface area contributed by atoms with E-state index in [0.29, 0.717) is 4.72 Å². The third-order valence-corrected chi connectivity index (χ3v) is 1.55. The van der Waals surface area contributed by atoms with Gasteiger partial charge in [-0.2, -0.15) is 26.3 Å². The van der Waals surface area contributed by atoms with Crippen molar-refractivity contribution < 1.29 is 53.6 Å². The van der Waals surface area contributed by atoms with Gasteiger partial charge in [0.25, 0.3) is 0 Å². The predicted octanol–water partition coefficient (Wildman–Crippen LogP) is -1.27. The second-order valence-electron chi connectivity index (χ2n) is 1.48. The van der Waals surface area contributed by atoms with Crippen LogP contribution in [0.3, 0.4) is 0 Å². The Bertz CT molecular complexity index is 253. The molecule has 74 valence electrons. The Morgan fingerprint density at radius 1 is 0.923 bits per heavy atom. The molecule has 0 aromatic carbocycles. The van der Waals surface area contributed by atoms with Gasteiger partial charge in [0.05, 0.1) is 0 Å². The van der Waals surface area contributed by atoms with Gasteiger partial charge in [-0.05, 0) is 0 Å². The molecule has 0 fully saturated rings. The molecule has 0 aromatic heterocycles. The van der Waals surface area contributed by atoms with Crippen LogP contribution in [0.15, 0.2) is 0 Å². The maximum atomic E-state index is 11.2. The van der Waals surface area contributed by atoms with Gasteiger partial charge in [-0.15, -0.1) is 0 Å². The summed E-state index contributed by atoms with van der Waals surface area (Å²) >= 11 is 0. The Balaban J connectivity index is 0. The quantitative estimate of drug-likeness (QED) is 0.316. The molecular formula is C2F6LiNO2S. The van der Waals surface area contributed by atoms with Gasteiger partial charge < -0.3 is 4.72 Å². The van der Waals surface area contributed by atoms with Crippen LogP contribution in [0.2, 0.25) is 0 Å². The molecule has 0 atom stereocenters. The molecule has 0 spiro atoms. The summed E-state index contributed by atoms with van der Waals surface area (Å²) in [6.45, 7) is 0. The SMILES string of the molecule is O=S(=O)([N-]C(F)(F)F)C(F)(F)F.[Li+]. The number of halogens is 6. The first kappa shape index (κ1) is 15.6. The Morgan fingerprint density at radius 2 is 1.23 bits per heavy atom. The second kappa shape index (κ2) is 4.08. The number of nitrogens with zero attached hydrogens (tertiary/aromatic N) is 1.